The van der Waals surface area contributed by atoms with Crippen LogP contribution in [0.2, 0.25) is 0 Å². The maximum Gasteiger partial charge on any atom is 0.226 e. The van der Waals surface area contributed by atoms with Crippen molar-refractivity contribution in [1.82, 2.24) is 4.90 Å². The van der Waals surface area contributed by atoms with Gasteiger partial charge in [-0.2, -0.15) is 0 Å². The van der Waals surface area contributed by atoms with Crippen molar-refractivity contribution in [3.05, 3.63) is 0 Å². The Hall–Kier alpha value is -0.970. The number of hydrogen-bond acceptors (Lipinski definition) is 1. The molecule has 60 valence electrons. The average Bonchev–Trinajstić information content (AvgIpc) is 2.81. The molecule has 0 radical (unpaired) electrons. The van der Waals surface area contributed by atoms with E-state index < -0.39 is 0 Å². The maximum absolute atomic E-state index is 11.4. The summed E-state index contributed by atoms with van der Waals surface area (Å²) >= 11 is 0. The number of carbonyl (C=O) groups excluding carboxylic acids is 1. The van der Waals surface area contributed by atoms with Gasteiger partial charge in [0.05, 0.1) is 6.54 Å². The van der Waals surface area contributed by atoms with Crippen LogP contribution < -0.4 is 0 Å². The van der Waals surface area contributed by atoms with Crippen molar-refractivity contribution in [2.45, 2.75) is 19.8 Å². The van der Waals surface area contributed by atoms with E-state index in [1.165, 1.54) is 0 Å². The Morgan fingerprint density at radius 3 is 2.73 bits per heavy atom. The molecule has 2 nitrogen and oxygen atoms in total. The number of terminal acetylenes is 1. The first kappa shape index (κ1) is 8.13. The molecule has 1 fully saturated rings. The predicted molar refractivity (Wildman–Crippen MR) is 43.8 cm³/mol. The molecule has 0 aromatic carbocycles. The molecule has 0 aromatic rings. The van der Waals surface area contributed by atoms with E-state index >= 15 is 0 Å². The summed E-state index contributed by atoms with van der Waals surface area (Å²) in [6.45, 7) is 3.16. The van der Waals surface area contributed by atoms with Gasteiger partial charge in [0.1, 0.15) is 0 Å². The number of rotatable bonds is 3. The third-order valence-corrected chi connectivity index (χ3v) is 1.90. The molecule has 11 heavy (non-hydrogen) atoms. The molecular weight excluding hydrogens is 138 g/mol. The summed E-state index contributed by atoms with van der Waals surface area (Å²) in [6.07, 6.45) is 7.23. The van der Waals surface area contributed by atoms with E-state index in [0.29, 0.717) is 12.5 Å². The second kappa shape index (κ2) is 3.43. The highest BCUT2D eigenvalue weighted by Crippen LogP contribution is 2.30. The van der Waals surface area contributed by atoms with Crippen molar-refractivity contribution in [2.75, 3.05) is 13.1 Å². The van der Waals surface area contributed by atoms with Crippen molar-refractivity contribution < 1.29 is 4.79 Å². The first-order chi connectivity index (χ1) is 5.29. The van der Waals surface area contributed by atoms with Crippen molar-refractivity contribution in [1.29, 1.82) is 0 Å². The lowest BCUT2D eigenvalue weighted by Gasteiger charge is -2.17. The van der Waals surface area contributed by atoms with Crippen molar-refractivity contribution in [3.63, 3.8) is 0 Å². The molecule has 0 aromatic heterocycles. The molecule has 1 aliphatic rings. The van der Waals surface area contributed by atoms with Gasteiger partial charge < -0.3 is 4.90 Å². The highest BCUT2D eigenvalue weighted by atomic mass is 16.2. The Morgan fingerprint density at radius 1 is 1.73 bits per heavy atom. The molecule has 1 rings (SSSR count). The van der Waals surface area contributed by atoms with Gasteiger partial charge in [0, 0.05) is 12.5 Å². The molecular formula is C9H13NO. The molecule has 1 aliphatic carbocycles. The second-order valence-corrected chi connectivity index (χ2v) is 2.83. The Morgan fingerprint density at radius 2 is 2.36 bits per heavy atom. The molecule has 1 amide bonds. The SMILES string of the molecule is C#CCN(CC)C(=O)C1CC1. The Labute approximate surface area is 67.6 Å². The van der Waals surface area contributed by atoms with Crippen LogP contribution >= 0.6 is 0 Å². The van der Waals surface area contributed by atoms with Gasteiger partial charge in [0.15, 0.2) is 0 Å². The minimum atomic E-state index is 0.241. The van der Waals surface area contributed by atoms with Crippen LogP contribution in [0.1, 0.15) is 19.8 Å². The van der Waals surface area contributed by atoms with Gasteiger partial charge in [-0.15, -0.1) is 6.42 Å². The van der Waals surface area contributed by atoms with E-state index in [0.717, 1.165) is 19.4 Å². The summed E-state index contributed by atoms with van der Waals surface area (Å²) in [5.74, 6) is 3.02. The molecule has 0 saturated heterocycles. The van der Waals surface area contributed by atoms with E-state index in [1.807, 2.05) is 6.92 Å². The van der Waals surface area contributed by atoms with Gasteiger partial charge >= 0.3 is 0 Å². The van der Waals surface area contributed by atoms with Crippen LogP contribution in [0.15, 0.2) is 0 Å². The quantitative estimate of drug-likeness (QED) is 0.548. The standard InChI is InChI=1S/C9H13NO/c1-3-7-10(4-2)9(11)8-5-6-8/h1,8H,4-7H2,2H3. The van der Waals surface area contributed by atoms with Gasteiger partial charge in [0.25, 0.3) is 0 Å². The van der Waals surface area contributed by atoms with E-state index in [4.69, 9.17) is 6.42 Å². The molecule has 0 aliphatic heterocycles. The van der Waals surface area contributed by atoms with Gasteiger partial charge in [0.2, 0.25) is 5.91 Å². The minimum Gasteiger partial charge on any atom is -0.332 e. The molecule has 0 bridgehead atoms. The third kappa shape index (κ3) is 1.98. The fourth-order valence-electron chi connectivity index (χ4n) is 1.04. The summed E-state index contributed by atoms with van der Waals surface area (Å²) in [4.78, 5) is 13.1. The van der Waals surface area contributed by atoms with E-state index in [-0.39, 0.29) is 5.91 Å². The second-order valence-electron chi connectivity index (χ2n) is 2.83. The van der Waals surface area contributed by atoms with E-state index in [2.05, 4.69) is 5.92 Å². The number of amides is 1. The zero-order chi connectivity index (χ0) is 8.27. The van der Waals surface area contributed by atoms with E-state index in [9.17, 15) is 4.79 Å². The largest absolute Gasteiger partial charge is 0.332 e. The minimum absolute atomic E-state index is 0.241. The molecule has 0 spiro atoms. The fourth-order valence-corrected chi connectivity index (χ4v) is 1.04. The lowest BCUT2D eigenvalue weighted by molar-refractivity contribution is -0.131. The van der Waals surface area contributed by atoms with E-state index in [1.54, 1.807) is 4.90 Å². The van der Waals surface area contributed by atoms with Gasteiger partial charge in [-0.05, 0) is 19.8 Å². The summed E-state index contributed by atoms with van der Waals surface area (Å²) in [5, 5.41) is 0. The lowest BCUT2D eigenvalue weighted by atomic mass is 10.3. The summed E-state index contributed by atoms with van der Waals surface area (Å²) in [6, 6.07) is 0. The van der Waals surface area contributed by atoms with Crippen LogP contribution in [0.3, 0.4) is 0 Å². The molecule has 0 atom stereocenters. The first-order valence-electron chi connectivity index (χ1n) is 4.01. The van der Waals surface area contributed by atoms with Gasteiger partial charge in [-0.1, -0.05) is 5.92 Å². The smallest absolute Gasteiger partial charge is 0.226 e. The van der Waals surface area contributed by atoms with Crippen LogP contribution in [-0.2, 0) is 4.79 Å². The summed E-state index contributed by atoms with van der Waals surface area (Å²) in [7, 11) is 0. The first-order valence-corrected chi connectivity index (χ1v) is 4.01. The van der Waals surface area contributed by atoms with Crippen molar-refractivity contribution in [3.8, 4) is 12.3 Å². The molecule has 2 heteroatoms. The monoisotopic (exact) mass is 151 g/mol. The summed E-state index contributed by atoms with van der Waals surface area (Å²) < 4.78 is 0. The predicted octanol–water partition coefficient (Wildman–Crippen LogP) is 0.878. The topological polar surface area (TPSA) is 20.3 Å². The zero-order valence-corrected chi connectivity index (χ0v) is 6.84. The summed E-state index contributed by atoms with van der Waals surface area (Å²) in [5.41, 5.74) is 0. The highest BCUT2D eigenvalue weighted by Gasteiger charge is 2.32. The Balaban J connectivity index is 2.40. The normalized spacial score (nSPS) is 15.6. The Bertz CT molecular complexity index is 188. The third-order valence-electron chi connectivity index (χ3n) is 1.90. The van der Waals surface area contributed by atoms with Crippen LogP contribution in [-0.4, -0.2) is 23.9 Å². The zero-order valence-electron chi connectivity index (χ0n) is 6.84. The van der Waals surface area contributed by atoms with Crippen molar-refractivity contribution >= 4 is 5.91 Å². The molecule has 1 saturated carbocycles. The Kier molecular flexibility index (Phi) is 2.53. The number of hydrogen-bond donors (Lipinski definition) is 0. The molecule has 0 heterocycles. The van der Waals surface area contributed by atoms with Crippen LogP contribution in [0.5, 0.6) is 0 Å². The fraction of sp³-hybridized carbons (Fsp3) is 0.667. The van der Waals surface area contributed by atoms with Crippen molar-refractivity contribution in [2.24, 2.45) is 5.92 Å². The maximum atomic E-state index is 11.4. The number of carbonyl (C=O) groups is 1. The van der Waals surface area contributed by atoms with Gasteiger partial charge in [-0.25, -0.2) is 0 Å². The molecule has 0 N–H and O–H groups in total. The van der Waals surface area contributed by atoms with Crippen LogP contribution in [0, 0.1) is 18.3 Å². The average molecular weight is 151 g/mol. The van der Waals surface area contributed by atoms with Gasteiger partial charge in [-0.3, -0.25) is 4.79 Å². The lowest BCUT2D eigenvalue weighted by Crippen LogP contribution is -2.32. The highest BCUT2D eigenvalue weighted by molar-refractivity contribution is 5.81. The molecule has 0 unspecified atom stereocenters. The van der Waals surface area contributed by atoms with Crippen LogP contribution in [0.4, 0.5) is 0 Å². The van der Waals surface area contributed by atoms with Crippen LogP contribution in [0.25, 0.3) is 0 Å². The number of nitrogens with zero attached hydrogens (tertiary/aromatic N) is 1.